The van der Waals surface area contributed by atoms with E-state index in [-0.39, 0.29) is 17.2 Å². The number of hydrogen-bond donors (Lipinski definition) is 2. The highest BCUT2D eigenvalue weighted by atomic mass is 32.1. The normalized spacial score (nSPS) is 10.1. The zero-order valence-electron chi connectivity index (χ0n) is 11.3. The molecule has 0 aliphatic carbocycles. The maximum Gasteiger partial charge on any atom is 0.293 e. The molecule has 1 aromatic heterocycles. The van der Waals surface area contributed by atoms with Crippen LogP contribution in [0.5, 0.6) is 0 Å². The Morgan fingerprint density at radius 3 is 2.90 bits per heavy atom. The zero-order valence-corrected chi connectivity index (χ0v) is 12.1. The number of aromatic nitrogens is 1. The van der Waals surface area contributed by atoms with Gasteiger partial charge >= 0.3 is 0 Å². The molecule has 0 saturated carbocycles. The highest BCUT2D eigenvalue weighted by molar-refractivity contribution is 7.09. The number of nitrogens with zero attached hydrogens (tertiary/aromatic N) is 2. The number of amides is 1. The molecule has 0 bridgehead atoms. The Morgan fingerprint density at radius 2 is 2.29 bits per heavy atom. The predicted octanol–water partition coefficient (Wildman–Crippen LogP) is 2.41. The third-order valence-electron chi connectivity index (χ3n) is 2.71. The molecule has 1 heterocycles. The molecule has 0 saturated heterocycles. The molecule has 7 nitrogen and oxygen atoms in total. The van der Waals surface area contributed by atoms with Crippen LogP contribution in [-0.2, 0) is 6.54 Å². The van der Waals surface area contributed by atoms with Gasteiger partial charge in [0.15, 0.2) is 0 Å². The lowest BCUT2D eigenvalue weighted by molar-refractivity contribution is -0.384. The van der Waals surface area contributed by atoms with Gasteiger partial charge in [0, 0.05) is 29.8 Å². The molecule has 0 aliphatic heterocycles. The van der Waals surface area contributed by atoms with E-state index in [0.717, 1.165) is 5.01 Å². The summed E-state index contributed by atoms with van der Waals surface area (Å²) in [5.74, 6) is -0.327. The minimum atomic E-state index is -0.507. The molecule has 0 atom stereocenters. The Bertz CT molecular complexity index is 643. The number of nitrogens with one attached hydrogen (secondary N) is 2. The lowest BCUT2D eigenvalue weighted by atomic mass is 10.1. The first kappa shape index (κ1) is 14.9. The van der Waals surface area contributed by atoms with Gasteiger partial charge in [0.1, 0.15) is 10.7 Å². The fourth-order valence-electron chi connectivity index (χ4n) is 1.75. The van der Waals surface area contributed by atoms with Crippen LogP contribution in [0.25, 0.3) is 0 Å². The Kier molecular flexibility index (Phi) is 4.83. The number of anilines is 1. The summed E-state index contributed by atoms with van der Waals surface area (Å²) in [6, 6.07) is 4.37. The topological polar surface area (TPSA) is 97.2 Å². The summed E-state index contributed by atoms with van der Waals surface area (Å²) in [7, 11) is 0. The number of benzene rings is 1. The lowest BCUT2D eigenvalue weighted by Gasteiger charge is -2.07. The number of thiazole rings is 1. The fourth-order valence-corrected chi connectivity index (χ4v) is 2.30. The molecule has 0 aliphatic rings. The van der Waals surface area contributed by atoms with Crippen LogP contribution in [0.2, 0.25) is 0 Å². The van der Waals surface area contributed by atoms with Crippen molar-refractivity contribution in [2.45, 2.75) is 13.5 Å². The van der Waals surface area contributed by atoms with Gasteiger partial charge < -0.3 is 10.6 Å². The van der Waals surface area contributed by atoms with E-state index >= 15 is 0 Å². The first-order valence-corrected chi connectivity index (χ1v) is 7.18. The van der Waals surface area contributed by atoms with E-state index in [9.17, 15) is 14.9 Å². The molecule has 0 spiro atoms. The van der Waals surface area contributed by atoms with Crippen LogP contribution in [0.1, 0.15) is 22.3 Å². The van der Waals surface area contributed by atoms with E-state index in [1.165, 1.54) is 23.5 Å². The van der Waals surface area contributed by atoms with E-state index in [4.69, 9.17) is 0 Å². The number of rotatable bonds is 6. The summed E-state index contributed by atoms with van der Waals surface area (Å²) in [4.78, 5) is 26.4. The third-order valence-corrected chi connectivity index (χ3v) is 3.49. The Hall–Kier alpha value is -2.48. The van der Waals surface area contributed by atoms with Crippen molar-refractivity contribution in [2.75, 3.05) is 11.9 Å². The lowest BCUT2D eigenvalue weighted by Crippen LogP contribution is -2.22. The van der Waals surface area contributed by atoms with Crippen molar-refractivity contribution in [3.8, 4) is 0 Å². The van der Waals surface area contributed by atoms with E-state index in [2.05, 4.69) is 15.6 Å². The minimum Gasteiger partial charge on any atom is -0.373 e. The maximum atomic E-state index is 11.7. The number of carbonyl (C=O) groups excluding carboxylic acids is 1. The van der Waals surface area contributed by atoms with Crippen LogP contribution >= 0.6 is 11.3 Å². The summed E-state index contributed by atoms with van der Waals surface area (Å²) >= 11 is 1.46. The Balaban J connectivity index is 2.20. The van der Waals surface area contributed by atoms with Gasteiger partial charge in [-0.15, -0.1) is 11.3 Å². The molecule has 1 aromatic carbocycles. The van der Waals surface area contributed by atoms with Crippen molar-refractivity contribution in [2.24, 2.45) is 0 Å². The molecule has 2 rings (SSSR count). The maximum absolute atomic E-state index is 11.7. The van der Waals surface area contributed by atoms with Crippen LogP contribution < -0.4 is 10.6 Å². The molecule has 2 aromatic rings. The standard InChI is InChI=1S/C13H14N4O3S/c1-2-14-13(18)9-3-4-10(11(7-9)17(19)20)16-8-12-15-5-6-21-12/h3-7,16H,2,8H2,1H3,(H,14,18). The van der Waals surface area contributed by atoms with Crippen molar-refractivity contribution >= 4 is 28.6 Å². The van der Waals surface area contributed by atoms with Gasteiger partial charge in [0.25, 0.3) is 11.6 Å². The third kappa shape index (κ3) is 3.76. The van der Waals surface area contributed by atoms with E-state index < -0.39 is 4.92 Å². The first-order chi connectivity index (χ1) is 10.1. The highest BCUT2D eigenvalue weighted by Gasteiger charge is 2.17. The van der Waals surface area contributed by atoms with E-state index in [1.54, 1.807) is 19.2 Å². The molecule has 1 amide bonds. The van der Waals surface area contributed by atoms with Crippen molar-refractivity contribution in [3.63, 3.8) is 0 Å². The van der Waals surface area contributed by atoms with Crippen LogP contribution in [-0.4, -0.2) is 22.4 Å². The van der Waals surface area contributed by atoms with Crippen molar-refractivity contribution in [3.05, 3.63) is 50.5 Å². The summed E-state index contributed by atoms with van der Waals surface area (Å²) < 4.78 is 0. The second-order valence-corrected chi connectivity index (χ2v) is 5.11. The number of hydrogen-bond acceptors (Lipinski definition) is 6. The first-order valence-electron chi connectivity index (χ1n) is 6.30. The van der Waals surface area contributed by atoms with E-state index in [0.29, 0.717) is 18.8 Å². The van der Waals surface area contributed by atoms with Crippen molar-refractivity contribution in [1.82, 2.24) is 10.3 Å². The van der Waals surface area contributed by atoms with Gasteiger partial charge in [0.2, 0.25) is 0 Å². The van der Waals surface area contributed by atoms with Crippen LogP contribution in [0.4, 0.5) is 11.4 Å². The molecule has 0 radical (unpaired) electrons. The second kappa shape index (κ2) is 6.80. The second-order valence-electron chi connectivity index (χ2n) is 4.13. The average molecular weight is 306 g/mol. The Labute approximate surface area is 125 Å². The predicted molar refractivity (Wildman–Crippen MR) is 80.5 cm³/mol. The largest absolute Gasteiger partial charge is 0.373 e. The van der Waals surface area contributed by atoms with Gasteiger partial charge in [0.05, 0.1) is 11.5 Å². The van der Waals surface area contributed by atoms with Crippen molar-refractivity contribution in [1.29, 1.82) is 0 Å². The molecule has 110 valence electrons. The summed E-state index contributed by atoms with van der Waals surface area (Å²) in [6.45, 7) is 2.66. The van der Waals surface area contributed by atoms with Gasteiger partial charge in [-0.05, 0) is 19.1 Å². The zero-order chi connectivity index (χ0) is 15.2. The van der Waals surface area contributed by atoms with Crippen LogP contribution in [0, 0.1) is 10.1 Å². The SMILES string of the molecule is CCNC(=O)c1ccc(NCc2nccs2)c([N+](=O)[O-])c1. The summed E-state index contributed by atoms with van der Waals surface area (Å²) in [5, 5.41) is 19.4. The monoisotopic (exact) mass is 306 g/mol. The average Bonchev–Trinajstić information content (AvgIpc) is 2.98. The van der Waals surface area contributed by atoms with Gasteiger partial charge in [-0.25, -0.2) is 4.98 Å². The highest BCUT2D eigenvalue weighted by Crippen LogP contribution is 2.26. The molecule has 21 heavy (non-hydrogen) atoms. The van der Waals surface area contributed by atoms with Crippen LogP contribution in [0.3, 0.4) is 0 Å². The molecular formula is C13H14N4O3S. The fraction of sp³-hybridized carbons (Fsp3) is 0.231. The van der Waals surface area contributed by atoms with Crippen molar-refractivity contribution < 1.29 is 9.72 Å². The van der Waals surface area contributed by atoms with Gasteiger partial charge in [-0.2, -0.15) is 0 Å². The number of nitro groups is 1. The quantitative estimate of drug-likeness (QED) is 0.631. The molecule has 8 heteroatoms. The minimum absolute atomic E-state index is 0.129. The summed E-state index contributed by atoms with van der Waals surface area (Å²) in [5.41, 5.74) is 0.502. The smallest absolute Gasteiger partial charge is 0.293 e. The van der Waals surface area contributed by atoms with Crippen LogP contribution in [0.15, 0.2) is 29.8 Å². The van der Waals surface area contributed by atoms with Gasteiger partial charge in [-0.3, -0.25) is 14.9 Å². The molecule has 2 N–H and O–H groups in total. The van der Waals surface area contributed by atoms with Gasteiger partial charge in [-0.1, -0.05) is 0 Å². The van der Waals surface area contributed by atoms with E-state index in [1.807, 2.05) is 5.38 Å². The Morgan fingerprint density at radius 1 is 1.48 bits per heavy atom. The summed E-state index contributed by atoms with van der Waals surface area (Å²) in [6.07, 6.45) is 1.67. The number of carbonyl (C=O) groups is 1. The molecule has 0 unspecified atom stereocenters. The molecule has 0 fully saturated rings. The molecular weight excluding hydrogens is 292 g/mol. The number of nitro benzene ring substituents is 1.